The third kappa shape index (κ3) is 3.20. The van der Waals surface area contributed by atoms with Gasteiger partial charge in [0, 0.05) is 24.8 Å². The Hall–Kier alpha value is -3.98. The first-order valence-electron chi connectivity index (χ1n) is 9.90. The molecule has 0 radical (unpaired) electrons. The minimum atomic E-state index is 0.131. The minimum Gasteiger partial charge on any atom is -0.338 e. The molecule has 0 unspecified atom stereocenters. The highest BCUT2D eigenvalue weighted by Crippen LogP contribution is 2.32. The number of benzene rings is 2. The zero-order valence-electron chi connectivity index (χ0n) is 16.3. The molecule has 0 aliphatic carbocycles. The molecule has 1 aliphatic rings. The summed E-state index contributed by atoms with van der Waals surface area (Å²) in [5.74, 6) is 0.131. The molecular weight excluding hydrogens is 374 g/mol. The number of pyridine rings is 1. The fourth-order valence-corrected chi connectivity index (χ4v) is 4.06. The second-order valence-electron chi connectivity index (χ2n) is 7.48. The van der Waals surface area contributed by atoms with Gasteiger partial charge in [0.15, 0.2) is 5.65 Å². The maximum Gasteiger partial charge on any atom is 0.227 e. The molecule has 0 saturated heterocycles. The smallest absolute Gasteiger partial charge is 0.227 e. The Morgan fingerprint density at radius 2 is 1.93 bits per heavy atom. The number of aromatic amines is 1. The zero-order chi connectivity index (χ0) is 20.5. The van der Waals surface area contributed by atoms with Gasteiger partial charge in [-0.25, -0.2) is 4.98 Å². The maximum atomic E-state index is 12.8. The lowest BCUT2D eigenvalue weighted by molar-refractivity contribution is -0.131. The Kier molecular flexibility index (Phi) is 4.49. The number of nitriles is 1. The summed E-state index contributed by atoms with van der Waals surface area (Å²) >= 11 is 0. The van der Waals surface area contributed by atoms with Crippen molar-refractivity contribution in [2.45, 2.75) is 19.4 Å². The highest BCUT2D eigenvalue weighted by molar-refractivity contribution is 5.94. The van der Waals surface area contributed by atoms with Crippen LogP contribution in [0, 0.1) is 11.3 Å². The van der Waals surface area contributed by atoms with E-state index in [1.54, 1.807) is 12.1 Å². The Morgan fingerprint density at radius 1 is 1.13 bits per heavy atom. The van der Waals surface area contributed by atoms with E-state index in [9.17, 15) is 4.79 Å². The Labute approximate surface area is 173 Å². The fourth-order valence-electron chi connectivity index (χ4n) is 4.06. The van der Waals surface area contributed by atoms with Gasteiger partial charge in [-0.3, -0.25) is 9.89 Å². The van der Waals surface area contributed by atoms with Crippen LogP contribution < -0.4 is 0 Å². The third-order valence-electron chi connectivity index (χ3n) is 5.63. The monoisotopic (exact) mass is 393 g/mol. The molecule has 0 spiro atoms. The van der Waals surface area contributed by atoms with Crippen molar-refractivity contribution in [3.63, 3.8) is 0 Å². The lowest BCUT2D eigenvalue weighted by atomic mass is 9.95. The van der Waals surface area contributed by atoms with Crippen LogP contribution in [0.15, 0.2) is 60.8 Å². The number of nitrogens with one attached hydrogen (secondary N) is 1. The summed E-state index contributed by atoms with van der Waals surface area (Å²) < 4.78 is 0. The number of nitrogens with zero attached hydrogens (tertiary/aromatic N) is 4. The number of fused-ring (bicyclic) bond motifs is 3. The average molecular weight is 393 g/mol. The largest absolute Gasteiger partial charge is 0.338 e. The predicted octanol–water partition coefficient (Wildman–Crippen LogP) is 3.62. The van der Waals surface area contributed by atoms with Crippen LogP contribution in [0.2, 0.25) is 0 Å². The van der Waals surface area contributed by atoms with Crippen LogP contribution in [0.25, 0.3) is 22.3 Å². The van der Waals surface area contributed by atoms with Crippen LogP contribution >= 0.6 is 0 Å². The van der Waals surface area contributed by atoms with E-state index in [-0.39, 0.29) is 5.91 Å². The van der Waals surface area contributed by atoms with Crippen molar-refractivity contribution in [1.29, 1.82) is 5.26 Å². The molecule has 5 rings (SSSR count). The van der Waals surface area contributed by atoms with Gasteiger partial charge in [-0.05, 0) is 35.2 Å². The first-order chi connectivity index (χ1) is 14.7. The van der Waals surface area contributed by atoms with Gasteiger partial charge in [-0.2, -0.15) is 10.4 Å². The molecule has 0 bridgehead atoms. The lowest BCUT2D eigenvalue weighted by Crippen LogP contribution is -2.37. The minimum absolute atomic E-state index is 0.131. The van der Waals surface area contributed by atoms with E-state index in [4.69, 9.17) is 5.26 Å². The summed E-state index contributed by atoms with van der Waals surface area (Å²) in [6.07, 6.45) is 3.01. The van der Waals surface area contributed by atoms with E-state index in [0.29, 0.717) is 30.7 Å². The van der Waals surface area contributed by atoms with Crippen LogP contribution in [0.3, 0.4) is 0 Å². The van der Waals surface area contributed by atoms with Crippen molar-refractivity contribution < 1.29 is 4.79 Å². The Morgan fingerprint density at radius 3 is 2.70 bits per heavy atom. The molecule has 1 N–H and O–H groups in total. The van der Waals surface area contributed by atoms with E-state index in [1.807, 2.05) is 53.6 Å². The molecule has 30 heavy (non-hydrogen) atoms. The molecule has 4 aromatic rings. The summed E-state index contributed by atoms with van der Waals surface area (Å²) in [5, 5.41) is 17.5. The number of carbonyl (C=O) groups is 1. The first-order valence-corrected chi connectivity index (χ1v) is 9.90. The van der Waals surface area contributed by atoms with Gasteiger partial charge in [0.25, 0.3) is 0 Å². The summed E-state index contributed by atoms with van der Waals surface area (Å²) in [4.78, 5) is 19.2. The SMILES string of the molecule is N#Cc1ccc(-c2[nH]nc3ncc4c(c23)CCN(C(=O)Cc2ccccc2)C4)cc1. The Balaban J connectivity index is 1.46. The molecule has 1 amide bonds. The number of hydrogen-bond donors (Lipinski definition) is 1. The van der Waals surface area contributed by atoms with E-state index < -0.39 is 0 Å². The number of amides is 1. The number of hydrogen-bond acceptors (Lipinski definition) is 4. The van der Waals surface area contributed by atoms with E-state index in [1.165, 1.54) is 5.56 Å². The molecule has 3 heterocycles. The highest BCUT2D eigenvalue weighted by Gasteiger charge is 2.25. The van der Waals surface area contributed by atoms with Crippen molar-refractivity contribution in [3.8, 4) is 17.3 Å². The highest BCUT2D eigenvalue weighted by atomic mass is 16.2. The summed E-state index contributed by atoms with van der Waals surface area (Å²) in [7, 11) is 0. The van der Waals surface area contributed by atoms with Gasteiger partial charge in [0.05, 0.1) is 29.1 Å². The van der Waals surface area contributed by atoms with Gasteiger partial charge >= 0.3 is 0 Å². The molecule has 6 heteroatoms. The topological polar surface area (TPSA) is 85.7 Å². The number of aromatic nitrogens is 3. The predicted molar refractivity (Wildman–Crippen MR) is 113 cm³/mol. The zero-order valence-corrected chi connectivity index (χ0v) is 16.3. The normalized spacial score (nSPS) is 13.1. The summed E-state index contributed by atoms with van der Waals surface area (Å²) in [6.45, 7) is 1.23. The van der Waals surface area contributed by atoms with Crippen LogP contribution in [-0.2, 0) is 24.2 Å². The van der Waals surface area contributed by atoms with E-state index in [0.717, 1.165) is 34.2 Å². The Bertz CT molecular complexity index is 1270. The molecule has 0 atom stereocenters. The lowest BCUT2D eigenvalue weighted by Gasteiger charge is -2.29. The summed E-state index contributed by atoms with van der Waals surface area (Å²) in [5.41, 5.74) is 6.45. The first kappa shape index (κ1) is 18.1. The molecule has 0 fully saturated rings. The van der Waals surface area contributed by atoms with Crippen molar-refractivity contribution >= 4 is 16.9 Å². The molecule has 0 saturated carbocycles. The quantitative estimate of drug-likeness (QED) is 0.576. The molecular formula is C24H19N5O. The number of rotatable bonds is 3. The van der Waals surface area contributed by atoms with Crippen molar-refractivity contribution in [1.82, 2.24) is 20.1 Å². The van der Waals surface area contributed by atoms with Crippen LogP contribution in [0.4, 0.5) is 0 Å². The number of carbonyl (C=O) groups excluding carboxylic acids is 1. The van der Waals surface area contributed by atoms with Gasteiger partial charge < -0.3 is 4.90 Å². The summed E-state index contributed by atoms with van der Waals surface area (Å²) in [6, 6.07) is 19.4. The maximum absolute atomic E-state index is 12.8. The van der Waals surface area contributed by atoms with Crippen molar-refractivity contribution in [2.24, 2.45) is 0 Å². The fraction of sp³-hybridized carbons (Fsp3) is 0.167. The van der Waals surface area contributed by atoms with Crippen LogP contribution in [-0.4, -0.2) is 32.5 Å². The van der Waals surface area contributed by atoms with E-state index in [2.05, 4.69) is 21.3 Å². The van der Waals surface area contributed by atoms with Crippen LogP contribution in [0.5, 0.6) is 0 Å². The second-order valence-corrected chi connectivity index (χ2v) is 7.48. The molecule has 1 aliphatic heterocycles. The average Bonchev–Trinajstić information content (AvgIpc) is 3.24. The second kappa shape index (κ2) is 7.45. The van der Waals surface area contributed by atoms with Crippen molar-refractivity contribution in [3.05, 3.63) is 83.0 Å². The van der Waals surface area contributed by atoms with Crippen LogP contribution in [0.1, 0.15) is 22.3 Å². The molecule has 2 aromatic carbocycles. The van der Waals surface area contributed by atoms with Gasteiger partial charge in [0.2, 0.25) is 5.91 Å². The standard InChI is InChI=1S/C24H19N5O/c25-13-17-6-8-18(9-7-17)23-22-20-10-11-29(15-19(20)14-26-24(22)28-27-23)21(30)12-16-4-2-1-3-5-16/h1-9,14H,10-12,15H2,(H,26,27,28). The third-order valence-corrected chi connectivity index (χ3v) is 5.63. The van der Waals surface area contributed by atoms with Gasteiger partial charge in [-0.15, -0.1) is 0 Å². The van der Waals surface area contributed by atoms with Crippen molar-refractivity contribution in [2.75, 3.05) is 6.54 Å². The molecule has 146 valence electrons. The molecule has 6 nitrogen and oxygen atoms in total. The van der Waals surface area contributed by atoms with Gasteiger partial charge in [-0.1, -0.05) is 42.5 Å². The molecule has 2 aromatic heterocycles. The number of H-pyrrole nitrogens is 1. The van der Waals surface area contributed by atoms with Gasteiger partial charge in [0.1, 0.15) is 0 Å². The van der Waals surface area contributed by atoms with E-state index >= 15 is 0 Å².